The van der Waals surface area contributed by atoms with Crippen LogP contribution < -0.4 is 5.32 Å². The van der Waals surface area contributed by atoms with Gasteiger partial charge in [-0.25, -0.2) is 4.39 Å². The highest BCUT2D eigenvalue weighted by atomic mass is 19.1. The third kappa shape index (κ3) is 3.60. The van der Waals surface area contributed by atoms with Crippen LogP contribution in [0.1, 0.15) is 28.9 Å². The first-order valence-electron chi connectivity index (χ1n) is 6.81. The standard InChI is InChI=1S/C17H19FN2O/c1-12(13-8-10-14(18)11-9-13)19-16-7-5-4-6-15(16)17(21)20(2)3/h4-12,19H,1-3H3. The van der Waals surface area contributed by atoms with E-state index >= 15 is 0 Å². The smallest absolute Gasteiger partial charge is 0.255 e. The van der Waals surface area contributed by atoms with Gasteiger partial charge < -0.3 is 10.2 Å². The highest BCUT2D eigenvalue weighted by molar-refractivity contribution is 5.99. The van der Waals surface area contributed by atoms with E-state index in [2.05, 4.69) is 5.32 Å². The molecule has 0 aliphatic carbocycles. The molecule has 2 aromatic carbocycles. The van der Waals surface area contributed by atoms with E-state index in [1.165, 1.54) is 12.1 Å². The summed E-state index contributed by atoms with van der Waals surface area (Å²) in [6.07, 6.45) is 0. The van der Waals surface area contributed by atoms with Crippen molar-refractivity contribution >= 4 is 11.6 Å². The van der Waals surface area contributed by atoms with Crippen LogP contribution >= 0.6 is 0 Å². The van der Waals surface area contributed by atoms with Crippen molar-refractivity contribution in [2.45, 2.75) is 13.0 Å². The van der Waals surface area contributed by atoms with Gasteiger partial charge in [0.05, 0.1) is 5.56 Å². The SMILES string of the molecule is CC(Nc1ccccc1C(=O)N(C)C)c1ccc(F)cc1. The summed E-state index contributed by atoms with van der Waals surface area (Å²) in [7, 11) is 3.45. The Balaban J connectivity index is 2.23. The van der Waals surface area contributed by atoms with E-state index in [1.54, 1.807) is 37.2 Å². The molecule has 3 nitrogen and oxygen atoms in total. The number of amides is 1. The maximum Gasteiger partial charge on any atom is 0.255 e. The van der Waals surface area contributed by atoms with E-state index in [9.17, 15) is 9.18 Å². The minimum atomic E-state index is -0.255. The molecular formula is C17H19FN2O. The number of carbonyl (C=O) groups excluding carboxylic acids is 1. The Morgan fingerprint density at radius 3 is 2.33 bits per heavy atom. The van der Waals surface area contributed by atoms with Crippen molar-refractivity contribution in [1.29, 1.82) is 0 Å². The number of hydrogen-bond acceptors (Lipinski definition) is 2. The first-order valence-corrected chi connectivity index (χ1v) is 6.81. The zero-order valence-electron chi connectivity index (χ0n) is 12.4. The Morgan fingerprint density at radius 2 is 1.71 bits per heavy atom. The number of nitrogens with zero attached hydrogens (tertiary/aromatic N) is 1. The normalized spacial score (nSPS) is 11.8. The van der Waals surface area contributed by atoms with Crippen LogP contribution in [0.5, 0.6) is 0 Å². The maximum absolute atomic E-state index is 13.0. The van der Waals surface area contributed by atoms with Gasteiger partial charge in [-0.05, 0) is 36.8 Å². The second-order valence-corrected chi connectivity index (χ2v) is 5.16. The first-order chi connectivity index (χ1) is 9.99. The summed E-state index contributed by atoms with van der Waals surface area (Å²) in [5.74, 6) is -0.307. The lowest BCUT2D eigenvalue weighted by atomic mass is 10.1. The van der Waals surface area contributed by atoms with Gasteiger partial charge in [-0.3, -0.25) is 4.79 Å². The molecule has 0 spiro atoms. The quantitative estimate of drug-likeness (QED) is 0.929. The predicted molar refractivity (Wildman–Crippen MR) is 82.9 cm³/mol. The third-order valence-corrected chi connectivity index (χ3v) is 3.31. The molecule has 2 rings (SSSR count). The number of halogens is 1. The number of para-hydroxylation sites is 1. The molecule has 0 fully saturated rings. The van der Waals surface area contributed by atoms with Gasteiger partial charge in [0.1, 0.15) is 5.82 Å². The Bertz CT molecular complexity index is 623. The van der Waals surface area contributed by atoms with E-state index in [1.807, 2.05) is 25.1 Å². The van der Waals surface area contributed by atoms with Crippen LogP contribution in [0, 0.1) is 5.82 Å². The lowest BCUT2D eigenvalue weighted by Crippen LogP contribution is -2.23. The van der Waals surface area contributed by atoms with Crippen molar-refractivity contribution in [3.8, 4) is 0 Å². The third-order valence-electron chi connectivity index (χ3n) is 3.31. The molecule has 110 valence electrons. The second kappa shape index (κ2) is 6.39. The van der Waals surface area contributed by atoms with Crippen LogP contribution in [0.2, 0.25) is 0 Å². The average Bonchev–Trinajstić information content (AvgIpc) is 2.47. The molecule has 0 heterocycles. The molecule has 0 radical (unpaired) electrons. The summed E-state index contributed by atoms with van der Waals surface area (Å²) in [4.78, 5) is 13.7. The fourth-order valence-corrected chi connectivity index (χ4v) is 2.10. The lowest BCUT2D eigenvalue weighted by Gasteiger charge is -2.19. The molecular weight excluding hydrogens is 267 g/mol. The van der Waals surface area contributed by atoms with Crippen LogP contribution in [0.25, 0.3) is 0 Å². The van der Waals surface area contributed by atoms with Gasteiger partial charge in [-0.15, -0.1) is 0 Å². The summed E-state index contributed by atoms with van der Waals surface area (Å²) in [5, 5.41) is 3.31. The molecule has 0 aliphatic heterocycles. The number of carbonyl (C=O) groups is 1. The molecule has 2 aromatic rings. The number of benzene rings is 2. The van der Waals surface area contributed by atoms with E-state index in [-0.39, 0.29) is 17.8 Å². The predicted octanol–water partition coefficient (Wildman–Crippen LogP) is 3.70. The molecule has 4 heteroatoms. The maximum atomic E-state index is 13.0. The van der Waals surface area contributed by atoms with Crippen molar-refractivity contribution in [2.24, 2.45) is 0 Å². The summed E-state index contributed by atoms with van der Waals surface area (Å²) < 4.78 is 13.0. The van der Waals surface area contributed by atoms with Gasteiger partial charge in [0.2, 0.25) is 0 Å². The van der Waals surface area contributed by atoms with Crippen LogP contribution in [-0.2, 0) is 0 Å². The highest BCUT2D eigenvalue weighted by Gasteiger charge is 2.14. The van der Waals surface area contributed by atoms with Gasteiger partial charge in [0.25, 0.3) is 5.91 Å². The van der Waals surface area contributed by atoms with Crippen molar-refractivity contribution < 1.29 is 9.18 Å². The zero-order chi connectivity index (χ0) is 15.4. The average molecular weight is 286 g/mol. The molecule has 0 bridgehead atoms. The van der Waals surface area contributed by atoms with Crippen LogP contribution in [-0.4, -0.2) is 24.9 Å². The summed E-state index contributed by atoms with van der Waals surface area (Å²) in [6.45, 7) is 1.98. The number of anilines is 1. The molecule has 1 atom stereocenters. The van der Waals surface area contributed by atoms with Gasteiger partial charge in [-0.1, -0.05) is 24.3 Å². The van der Waals surface area contributed by atoms with E-state index < -0.39 is 0 Å². The fourth-order valence-electron chi connectivity index (χ4n) is 2.10. The highest BCUT2D eigenvalue weighted by Crippen LogP contribution is 2.23. The van der Waals surface area contributed by atoms with Crippen molar-refractivity contribution in [3.63, 3.8) is 0 Å². The lowest BCUT2D eigenvalue weighted by molar-refractivity contribution is 0.0828. The molecule has 21 heavy (non-hydrogen) atoms. The van der Waals surface area contributed by atoms with E-state index in [4.69, 9.17) is 0 Å². The van der Waals surface area contributed by atoms with Crippen LogP contribution in [0.15, 0.2) is 48.5 Å². The summed E-state index contributed by atoms with van der Waals surface area (Å²) >= 11 is 0. The van der Waals surface area contributed by atoms with E-state index in [0.717, 1.165) is 11.3 Å². The molecule has 1 unspecified atom stereocenters. The molecule has 1 N–H and O–H groups in total. The van der Waals surface area contributed by atoms with Crippen molar-refractivity contribution in [1.82, 2.24) is 4.90 Å². The van der Waals surface area contributed by atoms with Gasteiger partial charge in [-0.2, -0.15) is 0 Å². The minimum absolute atomic E-state index is 0.0262. The number of hydrogen-bond donors (Lipinski definition) is 1. The minimum Gasteiger partial charge on any atom is -0.378 e. The Morgan fingerprint density at radius 1 is 1.10 bits per heavy atom. The monoisotopic (exact) mass is 286 g/mol. The Labute approximate surface area is 124 Å². The Kier molecular flexibility index (Phi) is 4.58. The largest absolute Gasteiger partial charge is 0.378 e. The summed E-state index contributed by atoms with van der Waals surface area (Å²) in [6, 6.07) is 13.7. The number of nitrogens with one attached hydrogen (secondary N) is 1. The molecule has 0 saturated heterocycles. The van der Waals surface area contributed by atoms with Crippen molar-refractivity contribution in [3.05, 3.63) is 65.5 Å². The van der Waals surface area contributed by atoms with Gasteiger partial charge >= 0.3 is 0 Å². The molecule has 1 amide bonds. The van der Waals surface area contributed by atoms with Crippen LogP contribution in [0.3, 0.4) is 0 Å². The zero-order valence-corrected chi connectivity index (χ0v) is 12.4. The molecule has 0 aliphatic rings. The number of rotatable bonds is 4. The second-order valence-electron chi connectivity index (χ2n) is 5.16. The topological polar surface area (TPSA) is 32.3 Å². The summed E-state index contributed by atoms with van der Waals surface area (Å²) in [5.41, 5.74) is 2.35. The van der Waals surface area contributed by atoms with Crippen molar-refractivity contribution in [2.75, 3.05) is 19.4 Å². The van der Waals surface area contributed by atoms with Crippen LogP contribution in [0.4, 0.5) is 10.1 Å². The first kappa shape index (κ1) is 15.0. The molecule has 0 aromatic heterocycles. The molecule has 0 saturated carbocycles. The van der Waals surface area contributed by atoms with E-state index in [0.29, 0.717) is 5.56 Å². The van der Waals surface area contributed by atoms with Gasteiger partial charge in [0.15, 0.2) is 0 Å². The van der Waals surface area contributed by atoms with Gasteiger partial charge in [0, 0.05) is 25.8 Å². The fraction of sp³-hybridized carbons (Fsp3) is 0.235. The Hall–Kier alpha value is -2.36.